The van der Waals surface area contributed by atoms with Gasteiger partial charge >= 0.3 is 0 Å². The Kier molecular flexibility index (Phi) is 5.19. The lowest BCUT2D eigenvalue weighted by molar-refractivity contribution is 0.288. The molecule has 0 radical (unpaired) electrons. The Hall–Kier alpha value is -1.32. The van der Waals surface area contributed by atoms with E-state index in [0.29, 0.717) is 11.6 Å². The molecular formula is C11H16N4OS. The number of aliphatic hydroxyl groups is 1. The van der Waals surface area contributed by atoms with Gasteiger partial charge in [-0.3, -0.25) is 0 Å². The second kappa shape index (κ2) is 6.42. The van der Waals surface area contributed by atoms with Gasteiger partial charge in [-0.25, -0.2) is 9.97 Å². The Bertz CT molecular complexity index is 414. The number of anilines is 1. The van der Waals surface area contributed by atoms with Gasteiger partial charge in [0.1, 0.15) is 11.8 Å². The summed E-state index contributed by atoms with van der Waals surface area (Å²) in [6.45, 7) is 3.86. The molecule has 6 heteroatoms. The second-order valence-electron chi connectivity index (χ2n) is 3.72. The van der Waals surface area contributed by atoms with Crippen LogP contribution in [0.3, 0.4) is 0 Å². The van der Waals surface area contributed by atoms with E-state index in [-0.39, 0.29) is 17.9 Å². The zero-order valence-electron chi connectivity index (χ0n) is 10.1. The third-order valence-corrected chi connectivity index (χ3v) is 3.53. The van der Waals surface area contributed by atoms with Gasteiger partial charge in [-0.15, -0.1) is 0 Å². The summed E-state index contributed by atoms with van der Waals surface area (Å²) in [6, 6.07) is 3.66. The predicted octanol–water partition coefficient (Wildman–Crippen LogP) is 1.18. The van der Waals surface area contributed by atoms with Gasteiger partial charge in [-0.05, 0) is 26.2 Å². The number of aryl methyl sites for hydroxylation is 1. The molecule has 0 saturated carbocycles. The molecule has 0 fully saturated rings. The highest BCUT2D eigenvalue weighted by Crippen LogP contribution is 2.14. The standard InChI is InChI=1S/C11H16N4OS/c1-7-4-9(5-12)15-11(13-7)14-8(2)10(6-16)17-3/h4,8,10,16H,6H2,1-3H3,(H,13,14,15). The molecule has 2 atom stereocenters. The molecule has 0 bridgehead atoms. The van der Waals surface area contributed by atoms with Gasteiger partial charge in [0.2, 0.25) is 5.95 Å². The van der Waals surface area contributed by atoms with Crippen LogP contribution in [0.2, 0.25) is 0 Å². The van der Waals surface area contributed by atoms with E-state index >= 15 is 0 Å². The summed E-state index contributed by atoms with van der Waals surface area (Å²) in [5, 5.41) is 21.2. The lowest BCUT2D eigenvalue weighted by Gasteiger charge is -2.21. The molecule has 2 N–H and O–H groups in total. The molecule has 0 aromatic carbocycles. The van der Waals surface area contributed by atoms with Crippen molar-refractivity contribution < 1.29 is 5.11 Å². The van der Waals surface area contributed by atoms with Crippen LogP contribution < -0.4 is 5.32 Å². The van der Waals surface area contributed by atoms with Crippen molar-refractivity contribution in [3.63, 3.8) is 0 Å². The van der Waals surface area contributed by atoms with Crippen molar-refractivity contribution in [2.75, 3.05) is 18.2 Å². The van der Waals surface area contributed by atoms with Crippen molar-refractivity contribution in [3.8, 4) is 6.07 Å². The molecule has 0 amide bonds. The van der Waals surface area contributed by atoms with E-state index in [1.165, 1.54) is 0 Å². The lowest BCUT2D eigenvalue weighted by atomic mass is 10.2. The fourth-order valence-electron chi connectivity index (χ4n) is 1.42. The fourth-order valence-corrected chi connectivity index (χ4v) is 2.05. The SMILES string of the molecule is CSC(CO)C(C)Nc1nc(C)cc(C#N)n1. The topological polar surface area (TPSA) is 81.8 Å². The average Bonchev–Trinajstić information content (AvgIpc) is 2.29. The minimum atomic E-state index is 0.0309. The van der Waals surface area contributed by atoms with Crippen molar-refractivity contribution in [1.82, 2.24) is 9.97 Å². The van der Waals surface area contributed by atoms with Gasteiger partial charge in [0, 0.05) is 17.0 Å². The highest BCUT2D eigenvalue weighted by molar-refractivity contribution is 7.99. The van der Waals surface area contributed by atoms with Crippen LogP contribution >= 0.6 is 11.8 Å². The normalized spacial score (nSPS) is 13.8. The van der Waals surface area contributed by atoms with Crippen LogP contribution in [0.15, 0.2) is 6.07 Å². The van der Waals surface area contributed by atoms with Crippen molar-refractivity contribution in [2.45, 2.75) is 25.1 Å². The number of aromatic nitrogens is 2. The molecule has 0 aliphatic rings. The number of nitrogens with one attached hydrogen (secondary N) is 1. The highest BCUT2D eigenvalue weighted by Gasteiger charge is 2.16. The molecule has 0 spiro atoms. The predicted molar refractivity (Wildman–Crippen MR) is 69.0 cm³/mol. The van der Waals surface area contributed by atoms with Gasteiger partial charge in [-0.1, -0.05) is 0 Å². The third-order valence-electron chi connectivity index (χ3n) is 2.37. The highest BCUT2D eigenvalue weighted by atomic mass is 32.2. The molecule has 1 aromatic heterocycles. The van der Waals surface area contributed by atoms with Crippen LogP contribution in [0, 0.1) is 18.3 Å². The first-order valence-corrected chi connectivity index (χ1v) is 6.55. The lowest BCUT2D eigenvalue weighted by Crippen LogP contribution is -2.31. The van der Waals surface area contributed by atoms with E-state index in [2.05, 4.69) is 15.3 Å². The van der Waals surface area contributed by atoms with Crippen molar-refractivity contribution in [1.29, 1.82) is 5.26 Å². The number of nitrogens with zero attached hydrogens (tertiary/aromatic N) is 3. The average molecular weight is 252 g/mol. The quantitative estimate of drug-likeness (QED) is 0.819. The summed E-state index contributed by atoms with van der Waals surface area (Å²) in [4.78, 5) is 8.28. The summed E-state index contributed by atoms with van der Waals surface area (Å²) in [6.07, 6.45) is 1.94. The van der Waals surface area contributed by atoms with Crippen LogP contribution in [0.25, 0.3) is 0 Å². The smallest absolute Gasteiger partial charge is 0.224 e. The fraction of sp³-hybridized carbons (Fsp3) is 0.545. The Balaban J connectivity index is 2.81. The molecule has 5 nitrogen and oxygen atoms in total. The summed E-state index contributed by atoms with van der Waals surface area (Å²) in [5.74, 6) is 0.432. The summed E-state index contributed by atoms with van der Waals surface area (Å²) in [5.41, 5.74) is 1.09. The van der Waals surface area contributed by atoms with E-state index < -0.39 is 0 Å². The van der Waals surface area contributed by atoms with Gasteiger partial charge in [-0.2, -0.15) is 17.0 Å². The molecule has 0 aliphatic heterocycles. The summed E-state index contributed by atoms with van der Waals surface area (Å²) in [7, 11) is 0. The number of rotatable bonds is 5. The maximum absolute atomic E-state index is 9.18. The first-order chi connectivity index (χ1) is 8.10. The van der Waals surface area contributed by atoms with Crippen molar-refractivity contribution >= 4 is 17.7 Å². The maximum Gasteiger partial charge on any atom is 0.224 e. The Morgan fingerprint density at radius 2 is 2.29 bits per heavy atom. The van der Waals surface area contributed by atoms with Gasteiger partial charge in [0.05, 0.1) is 6.61 Å². The molecular weight excluding hydrogens is 236 g/mol. The first kappa shape index (κ1) is 13.7. The minimum Gasteiger partial charge on any atom is -0.395 e. The zero-order chi connectivity index (χ0) is 12.8. The van der Waals surface area contributed by atoms with Crippen LogP contribution in [-0.4, -0.2) is 39.2 Å². The number of thioether (sulfide) groups is 1. The molecule has 92 valence electrons. The van der Waals surface area contributed by atoms with Crippen LogP contribution in [0.4, 0.5) is 5.95 Å². The van der Waals surface area contributed by atoms with Gasteiger partial charge in [0.25, 0.3) is 0 Å². The molecule has 0 saturated heterocycles. The maximum atomic E-state index is 9.18. The molecule has 1 heterocycles. The largest absolute Gasteiger partial charge is 0.395 e. The second-order valence-corrected chi connectivity index (χ2v) is 4.80. The van der Waals surface area contributed by atoms with Gasteiger partial charge in [0.15, 0.2) is 0 Å². The third kappa shape index (κ3) is 3.88. The monoisotopic (exact) mass is 252 g/mol. The Labute approximate surface area is 105 Å². The number of hydrogen-bond acceptors (Lipinski definition) is 6. The van der Waals surface area contributed by atoms with Crippen molar-refractivity contribution in [3.05, 3.63) is 17.5 Å². The van der Waals surface area contributed by atoms with Crippen LogP contribution in [0.1, 0.15) is 18.3 Å². The number of hydrogen-bond donors (Lipinski definition) is 2. The van der Waals surface area contributed by atoms with E-state index in [0.717, 1.165) is 5.69 Å². The Morgan fingerprint density at radius 1 is 1.59 bits per heavy atom. The molecule has 1 aromatic rings. The molecule has 17 heavy (non-hydrogen) atoms. The van der Waals surface area contributed by atoms with E-state index in [1.54, 1.807) is 17.8 Å². The summed E-state index contributed by atoms with van der Waals surface area (Å²) >= 11 is 1.58. The van der Waals surface area contributed by atoms with E-state index in [4.69, 9.17) is 5.26 Å². The minimum absolute atomic E-state index is 0.0309. The van der Waals surface area contributed by atoms with E-state index in [9.17, 15) is 5.11 Å². The van der Waals surface area contributed by atoms with Crippen molar-refractivity contribution in [2.24, 2.45) is 0 Å². The molecule has 1 rings (SSSR count). The zero-order valence-corrected chi connectivity index (χ0v) is 11.0. The summed E-state index contributed by atoms with van der Waals surface area (Å²) < 4.78 is 0. The van der Waals surface area contributed by atoms with E-state index in [1.807, 2.05) is 26.2 Å². The first-order valence-electron chi connectivity index (χ1n) is 5.26. The van der Waals surface area contributed by atoms with Crippen LogP contribution in [-0.2, 0) is 0 Å². The number of aliphatic hydroxyl groups excluding tert-OH is 1. The van der Waals surface area contributed by atoms with Gasteiger partial charge < -0.3 is 10.4 Å². The molecule has 2 unspecified atom stereocenters. The number of nitriles is 1. The van der Waals surface area contributed by atoms with Crippen LogP contribution in [0.5, 0.6) is 0 Å². The Morgan fingerprint density at radius 3 is 2.82 bits per heavy atom. The molecule has 0 aliphatic carbocycles.